The van der Waals surface area contributed by atoms with Crippen LogP contribution in [0.2, 0.25) is 0 Å². The Morgan fingerprint density at radius 1 is 0.770 bits per heavy atom. The number of nitrogens with zero attached hydrogens (tertiary/aromatic N) is 2. The maximum absolute atomic E-state index is 16.9. The molecule has 378 valence electrons. The van der Waals surface area contributed by atoms with Gasteiger partial charge < -0.3 is 35.4 Å². The molecule has 2 saturated heterocycles. The van der Waals surface area contributed by atoms with Crippen LogP contribution in [-0.2, 0) is 24.5 Å². The topological polar surface area (TPSA) is 178 Å². The Kier molecular flexibility index (Phi) is 14.5. The minimum absolute atomic E-state index is 0.128. The van der Waals surface area contributed by atoms with Crippen molar-refractivity contribution >= 4 is 29.5 Å². The number of morpholine rings is 1. The van der Waals surface area contributed by atoms with Crippen molar-refractivity contribution in [1.82, 2.24) is 15.5 Å². The number of para-hydroxylation sites is 1. The van der Waals surface area contributed by atoms with Crippen molar-refractivity contribution in [2.45, 2.75) is 92.8 Å². The quantitative estimate of drug-likeness (QED) is 0.0454. The molecule has 8 atom stereocenters. The van der Waals surface area contributed by atoms with Gasteiger partial charge in [0.1, 0.15) is 35.5 Å². The fourth-order valence-corrected chi connectivity index (χ4v) is 11.8. The van der Waals surface area contributed by atoms with Crippen LogP contribution in [0.1, 0.15) is 115 Å². The third kappa shape index (κ3) is 9.35. The summed E-state index contributed by atoms with van der Waals surface area (Å²) in [5.74, 6) is 2.70. The van der Waals surface area contributed by atoms with E-state index < -0.39 is 77.1 Å². The van der Waals surface area contributed by atoms with Gasteiger partial charge in [0.15, 0.2) is 0 Å². The molecule has 8 unspecified atom stereocenters. The van der Waals surface area contributed by atoms with E-state index in [1.54, 1.807) is 66.7 Å². The number of carbonyl (C=O) groups is 4. The fourth-order valence-electron chi connectivity index (χ4n) is 11.8. The number of rotatable bonds is 12. The summed E-state index contributed by atoms with van der Waals surface area (Å²) in [6.45, 7) is 1.05. The molecule has 0 bridgehead atoms. The lowest BCUT2D eigenvalue weighted by Gasteiger charge is -2.46. The molecule has 0 aromatic heterocycles. The molecule has 6 aromatic carbocycles. The van der Waals surface area contributed by atoms with Gasteiger partial charge in [0.2, 0.25) is 11.8 Å². The molecule has 1 saturated carbocycles. The largest absolute Gasteiger partial charge is 0.491 e. The molecule has 13 nitrogen and oxygen atoms in total. The lowest BCUT2D eigenvalue weighted by molar-refractivity contribution is -0.178. The number of cyclic esters (lactones) is 1. The second-order valence-corrected chi connectivity index (χ2v) is 19.7. The first-order valence-electron chi connectivity index (χ1n) is 25.6. The Bertz CT molecular complexity index is 3050. The van der Waals surface area contributed by atoms with Crippen LogP contribution < -0.4 is 20.3 Å². The number of aliphatic hydroxyl groups excluding tert-OH is 2. The van der Waals surface area contributed by atoms with Crippen LogP contribution in [0, 0.1) is 17.8 Å². The fraction of sp³-hybridized carbons (Fsp3) is 0.311. The molecular weight excluding hydrogens is 933 g/mol. The lowest BCUT2D eigenvalue weighted by atomic mass is 9.65. The van der Waals surface area contributed by atoms with Gasteiger partial charge in [0, 0.05) is 17.7 Å². The number of hydrogen-bond acceptors (Lipinski definition) is 10. The molecule has 13 heteroatoms. The van der Waals surface area contributed by atoms with E-state index in [0.29, 0.717) is 40.7 Å². The van der Waals surface area contributed by atoms with E-state index in [4.69, 9.17) is 9.47 Å². The van der Waals surface area contributed by atoms with Crippen LogP contribution in [0.5, 0.6) is 5.75 Å². The lowest BCUT2D eigenvalue weighted by Crippen LogP contribution is -2.56. The van der Waals surface area contributed by atoms with E-state index in [1.807, 2.05) is 109 Å². The average Bonchev–Trinajstić information content (AvgIpc) is 3.79. The normalized spacial score (nSPS) is 23.8. The summed E-state index contributed by atoms with van der Waals surface area (Å²) in [5, 5.41) is 39.6. The van der Waals surface area contributed by atoms with Gasteiger partial charge in [-0.3, -0.25) is 19.3 Å². The van der Waals surface area contributed by atoms with E-state index in [9.17, 15) is 15.3 Å². The first-order valence-corrected chi connectivity index (χ1v) is 25.6. The Morgan fingerprint density at radius 3 is 2.04 bits per heavy atom. The number of ether oxygens (including phenoxy) is 2. The molecule has 0 radical (unpaired) electrons. The van der Waals surface area contributed by atoms with Crippen molar-refractivity contribution in [3.05, 3.63) is 203 Å². The zero-order valence-corrected chi connectivity index (χ0v) is 41.2. The molecule has 74 heavy (non-hydrogen) atoms. The highest BCUT2D eigenvalue weighted by molar-refractivity contribution is 6.24. The van der Waals surface area contributed by atoms with Gasteiger partial charge in [0.25, 0.3) is 0 Å². The summed E-state index contributed by atoms with van der Waals surface area (Å²) in [4.78, 5) is 66.8. The Labute approximate surface area is 431 Å². The molecule has 4 amide bonds. The Balaban J connectivity index is 1.26. The number of benzene rings is 6. The highest BCUT2D eigenvalue weighted by Gasteiger charge is 2.76. The number of hydrogen-bond donors (Lipinski definition) is 5. The first-order chi connectivity index (χ1) is 36.0. The van der Waals surface area contributed by atoms with Crippen molar-refractivity contribution in [2.24, 2.45) is 5.92 Å². The second kappa shape index (κ2) is 21.5. The Morgan fingerprint density at radius 2 is 1.38 bits per heavy atom. The number of urea groups is 1. The number of esters is 1. The van der Waals surface area contributed by atoms with Gasteiger partial charge >= 0.3 is 12.0 Å². The van der Waals surface area contributed by atoms with Gasteiger partial charge in [-0.25, -0.2) is 9.69 Å². The highest BCUT2D eigenvalue weighted by Crippen LogP contribution is 2.66. The zero-order valence-electron chi connectivity index (χ0n) is 41.2. The van der Waals surface area contributed by atoms with Gasteiger partial charge in [-0.2, -0.15) is 0 Å². The molecule has 10 rings (SSSR count). The van der Waals surface area contributed by atoms with Crippen molar-refractivity contribution in [3.8, 4) is 17.6 Å². The highest BCUT2D eigenvalue weighted by atomic mass is 16.6. The van der Waals surface area contributed by atoms with Crippen molar-refractivity contribution in [1.29, 1.82) is 0 Å². The number of anilines is 1. The molecular formula is C61H60N4O9. The van der Waals surface area contributed by atoms with Crippen molar-refractivity contribution < 1.29 is 44.0 Å². The van der Waals surface area contributed by atoms with E-state index in [2.05, 4.69) is 22.5 Å². The van der Waals surface area contributed by atoms with E-state index >= 15 is 19.2 Å². The van der Waals surface area contributed by atoms with Gasteiger partial charge in [0.05, 0.1) is 42.4 Å². The third-order valence-corrected chi connectivity index (χ3v) is 15.2. The minimum Gasteiger partial charge on any atom is -0.491 e. The smallest absolute Gasteiger partial charge is 0.329 e. The van der Waals surface area contributed by atoms with E-state index in [1.165, 1.54) is 0 Å². The summed E-state index contributed by atoms with van der Waals surface area (Å²) in [5.41, 5.74) is 0.468. The van der Waals surface area contributed by atoms with E-state index in [-0.39, 0.29) is 36.8 Å². The molecule has 5 N–H and O–H groups in total. The number of amides is 4. The monoisotopic (exact) mass is 992 g/mol. The van der Waals surface area contributed by atoms with Crippen molar-refractivity contribution in [3.63, 3.8) is 0 Å². The summed E-state index contributed by atoms with van der Waals surface area (Å²) in [6, 6.07) is 44.0. The standard InChI is InChI=1S/C61H60N4O9/c1-40(42-20-8-4-9-21-42)63-59(71)64-48-31-30-41(32-35-60(72)33-18-2-3-19-34-60)38-47(48)61(58(64)70)51(56(68)62-39-49(67)43-22-10-5-11-23-43)53-57(69)74-54(45-26-14-7-15-27-45)52(44-24-12-6-13-25-44)65(53)55(61)46-28-16-17-29-50(46)73-37-36-66/h4-17,20-31,38,40,49,51-55,66-67,72H,2-3,18-19,33-34,36-37,39H2,1H3,(H,62,68)(H,63,71). The maximum Gasteiger partial charge on any atom is 0.329 e. The van der Waals surface area contributed by atoms with Crippen LogP contribution in [0.25, 0.3) is 0 Å². The van der Waals surface area contributed by atoms with Crippen LogP contribution in [0.3, 0.4) is 0 Å². The van der Waals surface area contributed by atoms with Crippen LogP contribution in [-0.4, -0.2) is 75.4 Å². The molecule has 3 aliphatic heterocycles. The van der Waals surface area contributed by atoms with Gasteiger partial charge in [-0.1, -0.05) is 164 Å². The average molecular weight is 993 g/mol. The predicted molar refractivity (Wildman–Crippen MR) is 278 cm³/mol. The number of aliphatic hydroxyl groups is 3. The Hall–Kier alpha value is -7.60. The second-order valence-electron chi connectivity index (χ2n) is 19.7. The number of imide groups is 1. The molecule has 6 aromatic rings. The van der Waals surface area contributed by atoms with E-state index in [0.717, 1.165) is 36.1 Å². The van der Waals surface area contributed by atoms with Crippen LogP contribution in [0.4, 0.5) is 10.5 Å². The SMILES string of the molecule is CC(NC(=O)N1C(=O)C2(c3cc(C#CC4(O)CCCCCC4)ccc31)C(C(=O)NCC(O)c1ccccc1)C1C(=O)OC(c3ccccc3)C(c3ccccc3)N1C2c1ccccc1OCCO)c1ccccc1. The first kappa shape index (κ1) is 50.0. The maximum atomic E-state index is 16.9. The molecule has 3 heterocycles. The summed E-state index contributed by atoms with van der Waals surface area (Å²) in [6.07, 6.45) is 2.43. The van der Waals surface area contributed by atoms with Crippen LogP contribution >= 0.6 is 0 Å². The summed E-state index contributed by atoms with van der Waals surface area (Å²) in [7, 11) is 0. The summed E-state index contributed by atoms with van der Waals surface area (Å²) >= 11 is 0. The minimum atomic E-state index is -2.16. The molecule has 3 fully saturated rings. The number of nitrogens with one attached hydrogen (secondary N) is 2. The predicted octanol–water partition coefficient (Wildman–Crippen LogP) is 8.48. The third-order valence-electron chi connectivity index (χ3n) is 15.2. The molecule has 4 aliphatic rings. The zero-order chi connectivity index (χ0) is 51.4. The summed E-state index contributed by atoms with van der Waals surface area (Å²) < 4.78 is 13.0. The molecule has 1 spiro atoms. The van der Waals surface area contributed by atoms with Crippen molar-refractivity contribution in [2.75, 3.05) is 24.7 Å². The molecule has 1 aliphatic carbocycles. The van der Waals surface area contributed by atoms with Gasteiger partial charge in [-0.05, 0) is 84.7 Å². The van der Waals surface area contributed by atoms with Crippen LogP contribution in [0.15, 0.2) is 164 Å². The number of fused-ring (bicyclic) bond motifs is 3. The van der Waals surface area contributed by atoms with Gasteiger partial charge in [-0.15, -0.1) is 0 Å². The number of carbonyl (C=O) groups excluding carboxylic acids is 4.